The first kappa shape index (κ1) is 13.3. The number of hydrogen-bond acceptors (Lipinski definition) is 2. The summed E-state index contributed by atoms with van der Waals surface area (Å²) in [6.45, 7) is 0.715. The molecular weight excluding hydrogens is 459 g/mol. The molecule has 0 unspecified atom stereocenters. The first-order chi connectivity index (χ1) is 8.15. The van der Waals surface area contributed by atoms with Crippen LogP contribution in [0.25, 0.3) is 0 Å². The molecule has 0 aliphatic heterocycles. The minimum Gasteiger partial charge on any atom is -0.379 e. The smallest absolute Gasteiger partial charge is 0.106 e. The molecule has 1 aromatic heterocycles. The Hall–Kier alpha value is -0.140. The van der Waals surface area contributed by atoms with E-state index < -0.39 is 0 Å². The molecule has 0 atom stereocenters. The molecule has 0 saturated carbocycles. The lowest BCUT2D eigenvalue weighted by molar-refractivity contribution is 1.03. The summed E-state index contributed by atoms with van der Waals surface area (Å²) in [5.41, 5.74) is 2.09. The van der Waals surface area contributed by atoms with Crippen LogP contribution in [0, 0.1) is 3.57 Å². The number of aromatic nitrogens is 1. The Bertz CT molecular complexity index is 532. The zero-order chi connectivity index (χ0) is 12.3. The molecule has 2 aromatic rings. The first-order valence-corrected chi connectivity index (χ1v) is 7.62. The lowest BCUT2D eigenvalue weighted by Crippen LogP contribution is -2.01. The van der Waals surface area contributed by atoms with E-state index in [2.05, 4.69) is 83.0 Å². The van der Waals surface area contributed by atoms with Gasteiger partial charge in [0.25, 0.3) is 0 Å². The van der Waals surface area contributed by atoms with Gasteiger partial charge in [0.05, 0.1) is 12.2 Å². The van der Waals surface area contributed by atoms with E-state index in [-0.39, 0.29) is 0 Å². The summed E-state index contributed by atoms with van der Waals surface area (Å²) in [4.78, 5) is 4.37. The van der Waals surface area contributed by atoms with E-state index in [0.717, 1.165) is 20.5 Å². The molecule has 0 aliphatic rings. The van der Waals surface area contributed by atoms with Gasteiger partial charge in [0.15, 0.2) is 0 Å². The van der Waals surface area contributed by atoms with E-state index in [1.807, 2.05) is 18.2 Å². The van der Waals surface area contributed by atoms with Gasteiger partial charge in [-0.15, -0.1) is 0 Å². The van der Waals surface area contributed by atoms with Gasteiger partial charge < -0.3 is 5.32 Å². The van der Waals surface area contributed by atoms with Crippen LogP contribution in [0.1, 0.15) is 5.69 Å². The molecule has 0 spiro atoms. The molecule has 0 radical (unpaired) electrons. The number of hydrogen-bond donors (Lipinski definition) is 1. The zero-order valence-electron chi connectivity index (χ0n) is 8.75. The van der Waals surface area contributed by atoms with Crippen LogP contribution in [0.4, 0.5) is 5.69 Å². The summed E-state index contributed by atoms with van der Waals surface area (Å²) in [5.74, 6) is 0. The second-order valence-electron chi connectivity index (χ2n) is 3.43. The first-order valence-electron chi connectivity index (χ1n) is 4.95. The fraction of sp³-hybridized carbons (Fsp3) is 0.0833. The summed E-state index contributed by atoms with van der Waals surface area (Å²) in [7, 11) is 0. The van der Waals surface area contributed by atoms with Gasteiger partial charge in [0, 0.05) is 13.7 Å². The van der Waals surface area contributed by atoms with Crippen LogP contribution in [-0.4, -0.2) is 4.98 Å². The fourth-order valence-electron chi connectivity index (χ4n) is 1.35. The van der Waals surface area contributed by atoms with Crippen molar-refractivity contribution in [1.29, 1.82) is 0 Å². The Kier molecular flexibility index (Phi) is 4.81. The zero-order valence-corrected chi connectivity index (χ0v) is 14.1. The number of pyridine rings is 1. The predicted octanol–water partition coefficient (Wildman–Crippen LogP) is 4.82. The summed E-state index contributed by atoms with van der Waals surface area (Å²) >= 11 is 9.17. The van der Waals surface area contributed by atoms with Crippen molar-refractivity contribution in [3.63, 3.8) is 0 Å². The molecular formula is C12H9Br2IN2. The maximum absolute atomic E-state index is 4.37. The summed E-state index contributed by atoms with van der Waals surface area (Å²) in [5, 5.41) is 3.34. The highest BCUT2D eigenvalue weighted by atomic mass is 127. The summed E-state index contributed by atoms with van der Waals surface area (Å²) in [6.07, 6.45) is 0. The molecule has 1 N–H and O–H groups in total. The van der Waals surface area contributed by atoms with Gasteiger partial charge in [-0.3, -0.25) is 0 Å². The Balaban J connectivity index is 2.05. The number of rotatable bonds is 3. The minimum absolute atomic E-state index is 0.715. The molecule has 0 amide bonds. The third kappa shape index (κ3) is 3.93. The van der Waals surface area contributed by atoms with Gasteiger partial charge in [-0.2, -0.15) is 0 Å². The van der Waals surface area contributed by atoms with Crippen LogP contribution in [0.15, 0.2) is 45.5 Å². The molecule has 0 fully saturated rings. The van der Waals surface area contributed by atoms with Gasteiger partial charge >= 0.3 is 0 Å². The number of anilines is 1. The van der Waals surface area contributed by atoms with E-state index >= 15 is 0 Å². The number of benzene rings is 1. The van der Waals surface area contributed by atoms with Crippen LogP contribution in [0.2, 0.25) is 0 Å². The molecule has 5 heteroatoms. The molecule has 1 heterocycles. The van der Waals surface area contributed by atoms with E-state index in [9.17, 15) is 0 Å². The van der Waals surface area contributed by atoms with E-state index in [1.54, 1.807) is 0 Å². The SMILES string of the molecule is Brc1cccc(CNc2ccc(I)c(Br)c2)n1. The summed E-state index contributed by atoms with van der Waals surface area (Å²) < 4.78 is 3.17. The largest absolute Gasteiger partial charge is 0.379 e. The quantitative estimate of drug-likeness (QED) is 0.517. The lowest BCUT2D eigenvalue weighted by atomic mass is 10.3. The maximum atomic E-state index is 4.37. The molecule has 1 aromatic carbocycles. The number of halogens is 3. The molecule has 88 valence electrons. The highest BCUT2D eigenvalue weighted by Crippen LogP contribution is 2.23. The number of nitrogens with one attached hydrogen (secondary N) is 1. The van der Waals surface area contributed by atoms with Gasteiger partial charge in [-0.25, -0.2) is 4.98 Å². The molecule has 0 bridgehead atoms. The third-order valence-corrected chi connectivity index (χ3v) is 4.95. The molecule has 0 saturated heterocycles. The van der Waals surface area contributed by atoms with Gasteiger partial charge in [-0.1, -0.05) is 6.07 Å². The minimum atomic E-state index is 0.715. The summed E-state index contributed by atoms with van der Waals surface area (Å²) in [6, 6.07) is 12.1. The van der Waals surface area contributed by atoms with Gasteiger partial charge in [-0.05, 0) is 84.8 Å². The average molecular weight is 468 g/mol. The second-order valence-corrected chi connectivity index (χ2v) is 6.26. The van der Waals surface area contributed by atoms with E-state index in [0.29, 0.717) is 6.54 Å². The fourth-order valence-corrected chi connectivity index (χ4v) is 2.44. The highest BCUT2D eigenvalue weighted by molar-refractivity contribution is 14.1. The molecule has 2 nitrogen and oxygen atoms in total. The average Bonchev–Trinajstić information content (AvgIpc) is 2.31. The standard InChI is InChI=1S/C12H9Br2IN2/c13-10-6-8(4-5-11(10)15)16-7-9-2-1-3-12(14)17-9/h1-6,16H,7H2. The third-order valence-electron chi connectivity index (χ3n) is 2.17. The van der Waals surface area contributed by atoms with Crippen molar-refractivity contribution < 1.29 is 0 Å². The van der Waals surface area contributed by atoms with Gasteiger partial charge in [0.1, 0.15) is 4.60 Å². The lowest BCUT2D eigenvalue weighted by Gasteiger charge is -2.07. The van der Waals surface area contributed by atoms with Crippen LogP contribution in [0.3, 0.4) is 0 Å². The van der Waals surface area contributed by atoms with Crippen LogP contribution >= 0.6 is 54.5 Å². The molecule has 17 heavy (non-hydrogen) atoms. The highest BCUT2D eigenvalue weighted by Gasteiger charge is 1.99. The predicted molar refractivity (Wildman–Crippen MR) is 86.1 cm³/mol. The van der Waals surface area contributed by atoms with Crippen molar-refractivity contribution in [2.45, 2.75) is 6.54 Å². The second kappa shape index (κ2) is 6.15. The Morgan fingerprint density at radius 1 is 1.18 bits per heavy atom. The van der Waals surface area contributed by atoms with Crippen LogP contribution in [-0.2, 0) is 6.54 Å². The van der Waals surface area contributed by atoms with Crippen LogP contribution in [0.5, 0.6) is 0 Å². The Labute approximate surface area is 131 Å². The monoisotopic (exact) mass is 466 g/mol. The van der Waals surface area contributed by atoms with Crippen molar-refractivity contribution in [3.8, 4) is 0 Å². The maximum Gasteiger partial charge on any atom is 0.106 e. The topological polar surface area (TPSA) is 24.9 Å². The molecule has 2 rings (SSSR count). The van der Waals surface area contributed by atoms with Crippen molar-refractivity contribution in [3.05, 3.63) is 54.7 Å². The van der Waals surface area contributed by atoms with Crippen molar-refractivity contribution in [2.75, 3.05) is 5.32 Å². The van der Waals surface area contributed by atoms with Crippen LogP contribution < -0.4 is 5.32 Å². The van der Waals surface area contributed by atoms with Crippen molar-refractivity contribution >= 4 is 60.1 Å². The Morgan fingerprint density at radius 3 is 2.71 bits per heavy atom. The Morgan fingerprint density at radius 2 is 2.00 bits per heavy atom. The van der Waals surface area contributed by atoms with Crippen molar-refractivity contribution in [1.82, 2.24) is 4.98 Å². The molecule has 0 aliphatic carbocycles. The van der Waals surface area contributed by atoms with E-state index in [4.69, 9.17) is 0 Å². The van der Waals surface area contributed by atoms with Gasteiger partial charge in [0.2, 0.25) is 0 Å². The van der Waals surface area contributed by atoms with E-state index in [1.165, 1.54) is 3.57 Å². The normalized spacial score (nSPS) is 10.3. The van der Waals surface area contributed by atoms with Crippen molar-refractivity contribution in [2.24, 2.45) is 0 Å². The number of nitrogens with zero attached hydrogens (tertiary/aromatic N) is 1.